The van der Waals surface area contributed by atoms with E-state index in [0.717, 1.165) is 11.0 Å². The summed E-state index contributed by atoms with van der Waals surface area (Å²) in [5, 5.41) is 0. The van der Waals surface area contributed by atoms with E-state index in [-0.39, 0.29) is 0 Å². The molecule has 2 N–H and O–H groups in total. The van der Waals surface area contributed by atoms with Crippen molar-refractivity contribution in [3.63, 3.8) is 0 Å². The van der Waals surface area contributed by atoms with Crippen LogP contribution in [0.25, 0.3) is 22.1 Å². The summed E-state index contributed by atoms with van der Waals surface area (Å²) >= 11 is 0. The van der Waals surface area contributed by atoms with Crippen LogP contribution in [0.2, 0.25) is 0 Å². The molecular formula is C15H12N4O. The van der Waals surface area contributed by atoms with Crippen LogP contribution in [0.1, 0.15) is 5.89 Å². The van der Waals surface area contributed by atoms with Gasteiger partial charge in [0.1, 0.15) is 12.1 Å². The Labute approximate surface area is 114 Å². The number of anilines is 1. The van der Waals surface area contributed by atoms with Crippen LogP contribution in [0.4, 0.5) is 5.69 Å². The van der Waals surface area contributed by atoms with Gasteiger partial charge < -0.3 is 14.7 Å². The Hall–Kier alpha value is -2.82. The van der Waals surface area contributed by atoms with E-state index in [0.29, 0.717) is 29.2 Å². The van der Waals surface area contributed by atoms with Crippen LogP contribution in [-0.2, 0) is 6.54 Å². The molecule has 0 saturated carbocycles. The van der Waals surface area contributed by atoms with Crippen molar-refractivity contribution in [2.24, 2.45) is 0 Å². The van der Waals surface area contributed by atoms with Gasteiger partial charge in [0, 0.05) is 0 Å². The minimum absolute atomic E-state index is 0.536. The van der Waals surface area contributed by atoms with Crippen LogP contribution in [0.3, 0.4) is 0 Å². The molecule has 0 aliphatic rings. The lowest BCUT2D eigenvalue weighted by molar-refractivity contribution is 0.512. The molecule has 2 heterocycles. The van der Waals surface area contributed by atoms with Crippen LogP contribution in [0, 0.1) is 0 Å². The van der Waals surface area contributed by atoms with Crippen molar-refractivity contribution < 1.29 is 4.42 Å². The van der Waals surface area contributed by atoms with Crippen molar-refractivity contribution in [2.75, 3.05) is 5.73 Å². The zero-order chi connectivity index (χ0) is 13.5. The molecule has 2 aromatic heterocycles. The average molecular weight is 264 g/mol. The second-order valence-electron chi connectivity index (χ2n) is 4.66. The van der Waals surface area contributed by atoms with Gasteiger partial charge in [-0.15, -0.1) is 0 Å². The number of oxazole rings is 1. The van der Waals surface area contributed by atoms with Crippen LogP contribution in [0.5, 0.6) is 0 Å². The monoisotopic (exact) mass is 264 g/mol. The molecule has 0 fully saturated rings. The lowest BCUT2D eigenvalue weighted by atomic mass is 10.3. The van der Waals surface area contributed by atoms with Gasteiger partial charge in [0.15, 0.2) is 5.58 Å². The fraction of sp³-hybridized carbons (Fsp3) is 0.0667. The van der Waals surface area contributed by atoms with E-state index in [4.69, 9.17) is 10.2 Å². The third-order valence-corrected chi connectivity index (χ3v) is 3.33. The molecule has 0 unspecified atom stereocenters. The van der Waals surface area contributed by atoms with E-state index >= 15 is 0 Å². The largest absolute Gasteiger partial charge is 0.439 e. The van der Waals surface area contributed by atoms with Crippen molar-refractivity contribution in [1.29, 1.82) is 0 Å². The van der Waals surface area contributed by atoms with E-state index in [1.807, 2.05) is 47.0 Å². The first-order valence-electron chi connectivity index (χ1n) is 6.35. The molecule has 0 spiro atoms. The minimum atomic E-state index is 0.536. The number of benzene rings is 2. The van der Waals surface area contributed by atoms with Crippen molar-refractivity contribution in [2.45, 2.75) is 6.54 Å². The predicted molar refractivity (Wildman–Crippen MR) is 77.3 cm³/mol. The first-order valence-corrected chi connectivity index (χ1v) is 6.35. The third-order valence-electron chi connectivity index (χ3n) is 3.33. The number of aromatic nitrogens is 3. The molecule has 4 rings (SSSR count). The van der Waals surface area contributed by atoms with Gasteiger partial charge in [0.25, 0.3) is 0 Å². The van der Waals surface area contributed by atoms with Crippen molar-refractivity contribution in [3.05, 3.63) is 54.7 Å². The van der Waals surface area contributed by atoms with Gasteiger partial charge in [-0.3, -0.25) is 0 Å². The Morgan fingerprint density at radius 2 is 2.00 bits per heavy atom. The lowest BCUT2D eigenvalue weighted by Gasteiger charge is -1.99. The molecule has 98 valence electrons. The molecule has 2 aromatic carbocycles. The summed E-state index contributed by atoms with van der Waals surface area (Å²) in [4.78, 5) is 8.81. The first-order chi connectivity index (χ1) is 9.81. The minimum Gasteiger partial charge on any atom is -0.439 e. The summed E-state index contributed by atoms with van der Waals surface area (Å²) in [5.41, 5.74) is 9.97. The zero-order valence-electron chi connectivity index (χ0n) is 10.7. The maximum Gasteiger partial charge on any atom is 0.215 e. The molecule has 0 saturated heterocycles. The van der Waals surface area contributed by atoms with Crippen molar-refractivity contribution in [3.8, 4) is 0 Å². The number of nitrogens with two attached hydrogens (primary N) is 1. The highest BCUT2D eigenvalue weighted by atomic mass is 16.3. The molecular weight excluding hydrogens is 252 g/mol. The number of hydrogen-bond acceptors (Lipinski definition) is 4. The number of hydrogen-bond donors (Lipinski definition) is 1. The maximum absolute atomic E-state index is 5.89. The molecule has 0 amide bonds. The summed E-state index contributed by atoms with van der Waals surface area (Å²) < 4.78 is 7.74. The number of rotatable bonds is 2. The van der Waals surface area contributed by atoms with E-state index in [2.05, 4.69) is 9.97 Å². The second kappa shape index (κ2) is 4.09. The van der Waals surface area contributed by atoms with Crippen LogP contribution >= 0.6 is 0 Å². The van der Waals surface area contributed by atoms with Crippen LogP contribution < -0.4 is 5.73 Å². The molecule has 0 aliphatic carbocycles. The highest BCUT2D eigenvalue weighted by molar-refractivity contribution is 5.85. The summed E-state index contributed by atoms with van der Waals surface area (Å²) in [6, 6.07) is 13.5. The van der Waals surface area contributed by atoms with Gasteiger partial charge >= 0.3 is 0 Å². The van der Waals surface area contributed by atoms with Gasteiger partial charge in [-0.05, 0) is 24.3 Å². The summed E-state index contributed by atoms with van der Waals surface area (Å²) in [7, 11) is 0. The van der Waals surface area contributed by atoms with E-state index in [9.17, 15) is 0 Å². The normalized spacial score (nSPS) is 11.4. The van der Waals surface area contributed by atoms with E-state index < -0.39 is 0 Å². The molecule has 0 atom stereocenters. The molecule has 5 heteroatoms. The molecule has 4 aromatic rings. The number of imidazole rings is 1. The van der Waals surface area contributed by atoms with Crippen molar-refractivity contribution >= 4 is 27.8 Å². The number of fused-ring (bicyclic) bond motifs is 2. The standard InChI is InChI=1S/C15H12N4O/c16-10-4-3-7-13-15(10)18-14(20-13)8-19-9-17-11-5-1-2-6-12(11)19/h1-7,9H,8,16H2. The van der Waals surface area contributed by atoms with Gasteiger partial charge in [-0.1, -0.05) is 18.2 Å². The summed E-state index contributed by atoms with van der Waals surface area (Å²) in [6.07, 6.45) is 1.79. The molecule has 0 radical (unpaired) electrons. The van der Waals surface area contributed by atoms with Gasteiger partial charge in [0.2, 0.25) is 5.89 Å². The Bertz CT molecular complexity index is 906. The SMILES string of the molecule is Nc1cccc2oc(Cn3cnc4ccccc43)nc12. The first kappa shape index (κ1) is 11.0. The Morgan fingerprint density at radius 1 is 1.10 bits per heavy atom. The summed E-state index contributed by atoms with van der Waals surface area (Å²) in [6.45, 7) is 0.536. The molecule has 20 heavy (non-hydrogen) atoms. The van der Waals surface area contributed by atoms with E-state index in [1.165, 1.54) is 0 Å². The summed E-state index contributed by atoms with van der Waals surface area (Å²) in [5.74, 6) is 0.626. The predicted octanol–water partition coefficient (Wildman–Crippen LogP) is 2.81. The Morgan fingerprint density at radius 3 is 2.90 bits per heavy atom. The number of nitrogen functional groups attached to an aromatic ring is 1. The lowest BCUT2D eigenvalue weighted by Crippen LogP contribution is -1.97. The van der Waals surface area contributed by atoms with Crippen LogP contribution in [0.15, 0.2) is 53.2 Å². The highest BCUT2D eigenvalue weighted by Gasteiger charge is 2.10. The third kappa shape index (κ3) is 1.64. The van der Waals surface area contributed by atoms with Crippen molar-refractivity contribution in [1.82, 2.24) is 14.5 Å². The van der Waals surface area contributed by atoms with Gasteiger partial charge in [-0.2, -0.15) is 0 Å². The molecule has 5 nitrogen and oxygen atoms in total. The Balaban J connectivity index is 1.79. The molecule has 0 bridgehead atoms. The fourth-order valence-electron chi connectivity index (χ4n) is 2.37. The number of para-hydroxylation sites is 3. The van der Waals surface area contributed by atoms with Crippen LogP contribution in [-0.4, -0.2) is 14.5 Å². The fourth-order valence-corrected chi connectivity index (χ4v) is 2.37. The maximum atomic E-state index is 5.89. The number of nitrogens with zero attached hydrogens (tertiary/aromatic N) is 3. The topological polar surface area (TPSA) is 69.9 Å². The smallest absolute Gasteiger partial charge is 0.215 e. The van der Waals surface area contributed by atoms with E-state index in [1.54, 1.807) is 6.33 Å². The quantitative estimate of drug-likeness (QED) is 0.565. The van der Waals surface area contributed by atoms with Gasteiger partial charge in [-0.25, -0.2) is 9.97 Å². The average Bonchev–Trinajstić information content (AvgIpc) is 3.05. The highest BCUT2D eigenvalue weighted by Crippen LogP contribution is 2.22. The Kier molecular flexibility index (Phi) is 2.26. The molecule has 0 aliphatic heterocycles. The second-order valence-corrected chi connectivity index (χ2v) is 4.66. The van der Waals surface area contributed by atoms with Gasteiger partial charge in [0.05, 0.1) is 23.0 Å². The zero-order valence-corrected chi connectivity index (χ0v) is 10.7.